The highest BCUT2D eigenvalue weighted by Gasteiger charge is 2.75. The number of morpholine rings is 1. The maximum absolute atomic E-state index is 16.3. The highest BCUT2D eigenvalue weighted by atomic mass is 16.6. The first-order valence-corrected chi connectivity index (χ1v) is 21.1. The Balaban J connectivity index is 1.58. The zero-order valence-electron chi connectivity index (χ0n) is 36.1. The van der Waals surface area contributed by atoms with Crippen molar-refractivity contribution in [2.45, 2.75) is 49.5 Å². The number of fused-ring (bicyclic) bond motifs is 3. The van der Waals surface area contributed by atoms with Crippen LogP contribution in [0.5, 0.6) is 5.75 Å². The number of nitrogens with zero attached hydrogens (tertiary/aromatic N) is 2. The number of urea groups is 2. The normalized spacial score (nSPS) is 22.4. The molecule has 7 unspecified atom stereocenters. The van der Waals surface area contributed by atoms with Gasteiger partial charge in [-0.05, 0) is 58.5 Å². The maximum Gasteiger partial charge on any atom is 0.329 e. The molecule has 0 aliphatic carbocycles. The van der Waals surface area contributed by atoms with Crippen molar-refractivity contribution >= 4 is 41.5 Å². The van der Waals surface area contributed by atoms with Crippen LogP contribution in [-0.4, -0.2) is 91.3 Å². The fraction of sp³-hybridized carbons (Fsp3) is 0.306. The van der Waals surface area contributed by atoms with Gasteiger partial charge >= 0.3 is 24.0 Å². The van der Waals surface area contributed by atoms with Crippen molar-refractivity contribution in [1.82, 2.24) is 20.9 Å². The molecule has 336 valence electrons. The SMILES string of the molecule is C=CCNC(=O)C1C2C(=O)OC(c3ccccc3)C(c3ccccc3)N2C(c2cccc(OCCO)c2)C12C(=O)N(C(=O)NC(C(=O)OC)C(C)C)c1ccc(C#CCNC(N)=O)cc12. The van der Waals surface area contributed by atoms with Crippen LogP contribution in [0.25, 0.3) is 0 Å². The number of hydrogen-bond acceptors (Lipinski definition) is 11. The Morgan fingerprint density at radius 3 is 2.26 bits per heavy atom. The first-order chi connectivity index (χ1) is 31.4. The molecule has 16 heteroatoms. The topological polar surface area (TPSA) is 219 Å². The number of benzene rings is 4. The summed E-state index contributed by atoms with van der Waals surface area (Å²) in [5, 5.41) is 17.7. The quantitative estimate of drug-likeness (QED) is 0.0736. The number of esters is 2. The Hall–Kier alpha value is -7.48. The van der Waals surface area contributed by atoms with Crippen LogP contribution in [0.4, 0.5) is 15.3 Å². The second-order valence-corrected chi connectivity index (χ2v) is 16.0. The van der Waals surface area contributed by atoms with Crippen molar-refractivity contribution < 1.29 is 48.1 Å². The highest BCUT2D eigenvalue weighted by Crippen LogP contribution is 2.66. The molecule has 0 saturated carbocycles. The maximum atomic E-state index is 16.3. The lowest BCUT2D eigenvalue weighted by Gasteiger charge is -2.46. The number of imide groups is 1. The number of ether oxygens (including phenoxy) is 3. The molecule has 16 nitrogen and oxygen atoms in total. The molecule has 6 amide bonds. The zero-order chi connectivity index (χ0) is 46.4. The molecule has 6 N–H and O–H groups in total. The van der Waals surface area contributed by atoms with Crippen LogP contribution in [0, 0.1) is 23.7 Å². The van der Waals surface area contributed by atoms with Crippen LogP contribution < -0.4 is 31.3 Å². The number of methoxy groups -OCH3 is 1. The largest absolute Gasteiger partial charge is 0.491 e. The summed E-state index contributed by atoms with van der Waals surface area (Å²) in [6.07, 6.45) is 0.494. The molecule has 65 heavy (non-hydrogen) atoms. The van der Waals surface area contributed by atoms with E-state index in [1.54, 1.807) is 50.2 Å². The number of carbonyl (C=O) groups is 6. The third-order valence-corrected chi connectivity index (χ3v) is 11.9. The minimum atomic E-state index is -2.14. The Kier molecular flexibility index (Phi) is 13.7. The molecule has 4 aromatic carbocycles. The fourth-order valence-corrected chi connectivity index (χ4v) is 9.31. The average molecular weight is 883 g/mol. The van der Waals surface area contributed by atoms with Gasteiger partial charge in [0.1, 0.15) is 36.0 Å². The molecule has 7 atom stereocenters. The molecule has 2 fully saturated rings. The number of cyclic esters (lactones) is 1. The number of aliphatic hydroxyl groups excluding tert-OH is 1. The molecule has 3 heterocycles. The molecular formula is C49H50N6O10. The van der Waals surface area contributed by atoms with Gasteiger partial charge in [-0.15, -0.1) is 6.58 Å². The van der Waals surface area contributed by atoms with E-state index in [0.29, 0.717) is 28.0 Å². The van der Waals surface area contributed by atoms with Crippen molar-refractivity contribution in [1.29, 1.82) is 0 Å². The van der Waals surface area contributed by atoms with Crippen LogP contribution >= 0.6 is 0 Å². The van der Waals surface area contributed by atoms with Gasteiger partial charge in [0.15, 0.2) is 0 Å². The molecule has 4 aromatic rings. The van der Waals surface area contributed by atoms with Gasteiger partial charge in [-0.25, -0.2) is 19.3 Å². The summed E-state index contributed by atoms with van der Waals surface area (Å²) < 4.78 is 17.4. The molecule has 0 aromatic heterocycles. The van der Waals surface area contributed by atoms with E-state index in [1.165, 1.54) is 19.3 Å². The van der Waals surface area contributed by atoms with E-state index in [-0.39, 0.29) is 37.6 Å². The number of rotatable bonds is 13. The van der Waals surface area contributed by atoms with Crippen molar-refractivity contribution in [3.8, 4) is 17.6 Å². The lowest BCUT2D eigenvalue weighted by molar-refractivity contribution is -0.178. The number of aliphatic hydroxyl groups is 1. The fourth-order valence-electron chi connectivity index (χ4n) is 9.31. The Morgan fingerprint density at radius 1 is 0.923 bits per heavy atom. The molecule has 7 rings (SSSR count). The van der Waals surface area contributed by atoms with Crippen LogP contribution in [0.15, 0.2) is 116 Å². The molecule has 3 aliphatic heterocycles. The van der Waals surface area contributed by atoms with E-state index < -0.39 is 83.3 Å². The first-order valence-electron chi connectivity index (χ1n) is 21.1. The number of carbonyl (C=O) groups excluding carboxylic acids is 6. The van der Waals surface area contributed by atoms with Gasteiger partial charge < -0.3 is 41.0 Å². The summed E-state index contributed by atoms with van der Waals surface area (Å²) in [4.78, 5) is 89.0. The van der Waals surface area contributed by atoms with E-state index in [1.807, 2.05) is 65.6 Å². The molecule has 0 radical (unpaired) electrons. The number of nitrogens with two attached hydrogens (primary N) is 1. The molecule has 2 saturated heterocycles. The average Bonchev–Trinajstić information content (AvgIpc) is 3.77. The van der Waals surface area contributed by atoms with E-state index in [9.17, 15) is 19.5 Å². The monoisotopic (exact) mass is 882 g/mol. The van der Waals surface area contributed by atoms with Gasteiger partial charge in [0.25, 0.3) is 0 Å². The Bertz CT molecular complexity index is 2540. The molecule has 3 aliphatic rings. The van der Waals surface area contributed by atoms with Crippen LogP contribution in [0.3, 0.4) is 0 Å². The van der Waals surface area contributed by atoms with Crippen molar-refractivity contribution in [2.75, 3.05) is 38.3 Å². The van der Waals surface area contributed by atoms with E-state index in [2.05, 4.69) is 34.4 Å². The predicted octanol–water partition coefficient (Wildman–Crippen LogP) is 3.95. The smallest absolute Gasteiger partial charge is 0.329 e. The summed E-state index contributed by atoms with van der Waals surface area (Å²) in [6, 6.07) is 23.4. The van der Waals surface area contributed by atoms with Gasteiger partial charge in [0, 0.05) is 12.1 Å². The van der Waals surface area contributed by atoms with Crippen molar-refractivity contribution in [2.24, 2.45) is 17.6 Å². The van der Waals surface area contributed by atoms with E-state index in [4.69, 9.17) is 19.9 Å². The molecule has 0 bridgehead atoms. The van der Waals surface area contributed by atoms with E-state index in [0.717, 1.165) is 4.90 Å². The summed E-state index contributed by atoms with van der Waals surface area (Å²) in [7, 11) is 1.19. The molecule has 1 spiro atoms. The molecular weight excluding hydrogens is 833 g/mol. The third-order valence-electron chi connectivity index (χ3n) is 11.9. The lowest BCUT2D eigenvalue weighted by Crippen LogP contribution is -2.57. The zero-order valence-corrected chi connectivity index (χ0v) is 36.1. The Morgan fingerprint density at radius 2 is 1.62 bits per heavy atom. The van der Waals surface area contributed by atoms with Crippen molar-refractivity contribution in [3.63, 3.8) is 0 Å². The third kappa shape index (κ3) is 8.51. The highest BCUT2D eigenvalue weighted by molar-refractivity contribution is 6.25. The number of nitrogens with one attached hydrogen (secondary N) is 3. The van der Waals surface area contributed by atoms with Crippen LogP contribution in [0.1, 0.15) is 59.9 Å². The van der Waals surface area contributed by atoms with E-state index >= 15 is 14.4 Å². The minimum absolute atomic E-state index is 0.0457. The number of anilines is 1. The van der Waals surface area contributed by atoms with Crippen LogP contribution in [-0.2, 0) is 34.1 Å². The van der Waals surface area contributed by atoms with Crippen molar-refractivity contribution in [3.05, 3.63) is 144 Å². The first kappa shape index (κ1) is 45.5. The second-order valence-electron chi connectivity index (χ2n) is 16.0. The summed E-state index contributed by atoms with van der Waals surface area (Å²) in [5.74, 6) is 0.935. The standard InChI is InChI=1S/C49H50N6O10/c1-5-23-51-43(57)37-40-45(59)65-41(32-17-10-7-11-18-32)39(31-15-8-6-9-16-31)55(40)42(33-19-12-20-34(28-33)64-26-25-56)49(37)35-27-30(14-13-24-52-47(50)61)21-22-36(35)54(46(49)60)48(62)53-38(29(2)3)44(58)63-4/h5-12,15-22,27-29,37-42,56H,1,23-26H2,2-4H3,(H,51,57)(H,53,62)(H3,50,52,61). The predicted molar refractivity (Wildman–Crippen MR) is 238 cm³/mol. The number of primary amides is 1. The summed E-state index contributed by atoms with van der Waals surface area (Å²) in [5.41, 5.74) is 5.46. The minimum Gasteiger partial charge on any atom is -0.491 e. The van der Waals surface area contributed by atoms with Gasteiger partial charge in [0.05, 0.1) is 44.0 Å². The van der Waals surface area contributed by atoms with Gasteiger partial charge in [0.2, 0.25) is 11.8 Å². The van der Waals surface area contributed by atoms with Gasteiger partial charge in [-0.2, -0.15) is 0 Å². The van der Waals surface area contributed by atoms with Gasteiger partial charge in [-0.1, -0.05) is 105 Å². The Labute approximate surface area is 376 Å². The lowest BCUT2D eigenvalue weighted by atomic mass is 9.65. The number of amides is 6. The summed E-state index contributed by atoms with van der Waals surface area (Å²) >= 11 is 0. The summed E-state index contributed by atoms with van der Waals surface area (Å²) in [6.45, 7) is 6.67. The number of hydrogen-bond donors (Lipinski definition) is 5. The van der Waals surface area contributed by atoms with Gasteiger partial charge in [-0.3, -0.25) is 19.3 Å². The second kappa shape index (κ2) is 19.5. The van der Waals surface area contributed by atoms with Crippen LogP contribution in [0.2, 0.25) is 0 Å².